The van der Waals surface area contributed by atoms with Crippen LogP contribution in [0.1, 0.15) is 32.1 Å². The van der Waals surface area contributed by atoms with E-state index in [0.717, 1.165) is 28.2 Å². The van der Waals surface area contributed by atoms with E-state index in [4.69, 9.17) is 16.6 Å². The van der Waals surface area contributed by atoms with Crippen LogP contribution < -0.4 is 22.1 Å². The molecular weight excluding hydrogens is 587 g/mol. The summed E-state index contributed by atoms with van der Waals surface area (Å²) in [5.41, 5.74) is 12.9. The minimum atomic E-state index is -1.13. The van der Waals surface area contributed by atoms with Crippen LogP contribution in [0.5, 0.6) is 0 Å². The number of carboxylic acids is 1. The minimum Gasteiger partial charge on any atom is -0.476 e. The highest BCUT2D eigenvalue weighted by Gasteiger charge is 2.19. The Morgan fingerprint density at radius 1 is 0.857 bits per heavy atom. The molecule has 0 saturated heterocycles. The first-order chi connectivity index (χ1) is 20.1. The Labute approximate surface area is 247 Å². The predicted molar refractivity (Wildman–Crippen MR) is 156 cm³/mol. The summed E-state index contributed by atoms with van der Waals surface area (Å²) in [7, 11) is 1.24. The Bertz CT molecular complexity index is 1530. The minimum absolute atomic E-state index is 0.0632. The van der Waals surface area contributed by atoms with Crippen molar-refractivity contribution in [2.45, 2.75) is 24.9 Å². The van der Waals surface area contributed by atoms with Crippen molar-refractivity contribution in [1.29, 1.82) is 0 Å². The number of aromatic carboxylic acids is 1. The molecule has 15 heteroatoms. The Morgan fingerprint density at radius 3 is 1.93 bits per heavy atom. The fraction of sp³-hybridized carbons (Fsp3) is 0.185. The molecule has 42 heavy (non-hydrogen) atoms. The number of nitrogens with zero attached hydrogens (tertiary/aromatic N) is 2. The van der Waals surface area contributed by atoms with Crippen molar-refractivity contribution in [2.75, 3.05) is 17.7 Å². The average molecular weight is 615 g/mol. The second-order valence-corrected chi connectivity index (χ2v) is 10.3. The fourth-order valence-corrected chi connectivity index (χ4v) is 4.68. The van der Waals surface area contributed by atoms with E-state index in [1.54, 1.807) is 18.2 Å². The maximum absolute atomic E-state index is 13.5. The van der Waals surface area contributed by atoms with Gasteiger partial charge in [-0.2, -0.15) is 0 Å². The molecule has 2 atom stereocenters. The van der Waals surface area contributed by atoms with E-state index < -0.39 is 35.7 Å². The third-order valence-electron chi connectivity index (χ3n) is 5.45. The SMILES string of the molecule is COC(=O)c1csc(NC(=O)[C@@H](N)Cc2ccccc2F)n1.N[C@@H](Cc1ccccc1)C(=O)Nc1nc(C(=O)O)cs1. The van der Waals surface area contributed by atoms with E-state index in [1.807, 2.05) is 30.3 Å². The van der Waals surface area contributed by atoms with Crippen molar-refractivity contribution < 1.29 is 33.4 Å². The van der Waals surface area contributed by atoms with Crippen LogP contribution in [-0.4, -0.2) is 58.0 Å². The number of esters is 1. The number of hydrogen-bond acceptors (Lipinski definition) is 11. The number of carbonyl (C=O) groups is 4. The van der Waals surface area contributed by atoms with Gasteiger partial charge in [0.15, 0.2) is 21.7 Å². The Balaban J connectivity index is 0.000000231. The molecule has 0 spiro atoms. The lowest BCUT2D eigenvalue weighted by Gasteiger charge is -2.11. The molecule has 2 amide bonds. The highest BCUT2D eigenvalue weighted by molar-refractivity contribution is 7.14. The summed E-state index contributed by atoms with van der Waals surface area (Å²) in [6.45, 7) is 0. The molecule has 4 aromatic rings. The van der Waals surface area contributed by atoms with Crippen molar-refractivity contribution in [3.05, 3.63) is 93.7 Å². The summed E-state index contributed by atoms with van der Waals surface area (Å²) in [4.78, 5) is 53.5. The third kappa shape index (κ3) is 9.52. The number of thiazole rings is 2. The molecule has 0 aliphatic heterocycles. The van der Waals surface area contributed by atoms with Crippen LogP contribution >= 0.6 is 22.7 Å². The smallest absolute Gasteiger partial charge is 0.357 e. The normalized spacial score (nSPS) is 11.8. The van der Waals surface area contributed by atoms with Gasteiger partial charge in [0, 0.05) is 10.8 Å². The van der Waals surface area contributed by atoms with E-state index in [0.29, 0.717) is 12.0 Å². The van der Waals surface area contributed by atoms with Gasteiger partial charge < -0.3 is 31.9 Å². The summed E-state index contributed by atoms with van der Waals surface area (Å²) in [5, 5.41) is 17.0. The van der Waals surface area contributed by atoms with Crippen molar-refractivity contribution in [3.8, 4) is 0 Å². The van der Waals surface area contributed by atoms with Crippen LogP contribution in [0.3, 0.4) is 0 Å². The number of hydrogen-bond donors (Lipinski definition) is 5. The lowest BCUT2D eigenvalue weighted by atomic mass is 10.1. The molecule has 0 aliphatic rings. The summed E-state index contributed by atoms with van der Waals surface area (Å²) in [6.07, 6.45) is 0.470. The third-order valence-corrected chi connectivity index (χ3v) is 6.97. The van der Waals surface area contributed by atoms with Crippen LogP contribution in [0.25, 0.3) is 0 Å². The van der Waals surface area contributed by atoms with Crippen molar-refractivity contribution in [2.24, 2.45) is 11.5 Å². The highest BCUT2D eigenvalue weighted by atomic mass is 32.1. The van der Waals surface area contributed by atoms with E-state index in [2.05, 4.69) is 25.3 Å². The lowest BCUT2D eigenvalue weighted by molar-refractivity contribution is -0.118. The second-order valence-electron chi connectivity index (χ2n) is 8.55. The molecular formula is C27H27FN6O6S2. The number of carbonyl (C=O) groups excluding carboxylic acids is 3. The maximum atomic E-state index is 13.5. The number of anilines is 2. The molecule has 0 saturated carbocycles. The van der Waals surface area contributed by atoms with Crippen molar-refractivity contribution in [3.63, 3.8) is 0 Å². The zero-order valence-electron chi connectivity index (χ0n) is 22.2. The molecule has 0 unspecified atom stereocenters. The van der Waals surface area contributed by atoms with Crippen molar-refractivity contribution >= 4 is 56.7 Å². The molecule has 0 bridgehead atoms. The van der Waals surface area contributed by atoms with Gasteiger partial charge in [0.2, 0.25) is 11.8 Å². The number of aromatic nitrogens is 2. The largest absolute Gasteiger partial charge is 0.476 e. The first-order valence-corrected chi connectivity index (χ1v) is 14.0. The molecule has 2 heterocycles. The van der Waals surface area contributed by atoms with Gasteiger partial charge in [-0.1, -0.05) is 48.5 Å². The number of benzene rings is 2. The Kier molecular flexibility index (Phi) is 11.7. The van der Waals surface area contributed by atoms with E-state index in [1.165, 1.54) is 23.9 Å². The Morgan fingerprint density at radius 2 is 1.38 bits per heavy atom. The lowest BCUT2D eigenvalue weighted by Crippen LogP contribution is -2.37. The summed E-state index contributed by atoms with van der Waals surface area (Å²) in [5.74, 6) is -3.02. The van der Waals surface area contributed by atoms with Gasteiger partial charge in [0.25, 0.3) is 0 Å². The number of rotatable bonds is 10. The van der Waals surface area contributed by atoms with Gasteiger partial charge in [-0.05, 0) is 30.0 Å². The summed E-state index contributed by atoms with van der Waals surface area (Å²) in [6, 6.07) is 13.9. The topological polar surface area (TPSA) is 200 Å². The molecule has 4 rings (SSSR count). The van der Waals surface area contributed by atoms with Gasteiger partial charge in [-0.15, -0.1) is 22.7 Å². The van der Waals surface area contributed by atoms with Crippen LogP contribution in [0.15, 0.2) is 65.4 Å². The van der Waals surface area contributed by atoms with Gasteiger partial charge in [-0.3, -0.25) is 9.59 Å². The van der Waals surface area contributed by atoms with E-state index in [-0.39, 0.29) is 34.0 Å². The summed E-state index contributed by atoms with van der Waals surface area (Å²) < 4.78 is 18.0. The van der Waals surface area contributed by atoms with E-state index in [9.17, 15) is 23.6 Å². The number of amides is 2. The Hall–Kier alpha value is -4.57. The second kappa shape index (κ2) is 15.4. The molecule has 2 aromatic heterocycles. The molecule has 0 fully saturated rings. The predicted octanol–water partition coefficient (Wildman–Crippen LogP) is 2.93. The zero-order chi connectivity index (χ0) is 30.6. The number of halogens is 1. The standard InChI is InChI=1S/C14H14FN3O3S.C13H13N3O3S/c1-21-13(20)11-7-22-14(17-11)18-12(19)10(16)6-8-4-2-3-5-9(8)15;14-9(6-8-4-2-1-3-5-8)11(17)16-13-15-10(7-20-13)12(18)19/h2-5,7,10H,6,16H2,1H3,(H,17,18,19);1-5,7,9H,6,14H2,(H,18,19)(H,15,16,17)/t10-;9-/m00/s1. The molecule has 12 nitrogen and oxygen atoms in total. The molecule has 2 aromatic carbocycles. The molecule has 0 aliphatic carbocycles. The van der Waals surface area contributed by atoms with Crippen LogP contribution in [-0.2, 0) is 27.2 Å². The number of ether oxygens (including phenoxy) is 1. The molecule has 7 N–H and O–H groups in total. The summed E-state index contributed by atoms with van der Waals surface area (Å²) >= 11 is 2.13. The average Bonchev–Trinajstić information content (AvgIpc) is 3.65. The van der Waals surface area contributed by atoms with Gasteiger partial charge in [-0.25, -0.2) is 23.9 Å². The van der Waals surface area contributed by atoms with Crippen molar-refractivity contribution in [1.82, 2.24) is 9.97 Å². The quantitative estimate of drug-likeness (QED) is 0.165. The van der Waals surface area contributed by atoms with E-state index >= 15 is 0 Å². The van der Waals surface area contributed by atoms with Crippen LogP contribution in [0.4, 0.5) is 14.7 Å². The van der Waals surface area contributed by atoms with Gasteiger partial charge in [0.1, 0.15) is 5.82 Å². The number of nitrogens with one attached hydrogen (secondary N) is 2. The van der Waals surface area contributed by atoms with Crippen LogP contribution in [0, 0.1) is 5.82 Å². The number of nitrogens with two attached hydrogens (primary N) is 2. The van der Waals surface area contributed by atoms with Gasteiger partial charge in [0.05, 0.1) is 19.2 Å². The number of carboxylic acid groups (broad SMARTS) is 1. The highest BCUT2D eigenvalue weighted by Crippen LogP contribution is 2.17. The first-order valence-electron chi connectivity index (χ1n) is 12.2. The first kappa shape index (κ1) is 32.0. The fourth-order valence-electron chi connectivity index (χ4n) is 3.31. The molecule has 220 valence electrons. The zero-order valence-corrected chi connectivity index (χ0v) is 23.8. The van der Waals surface area contributed by atoms with Gasteiger partial charge >= 0.3 is 11.9 Å². The monoisotopic (exact) mass is 614 g/mol. The maximum Gasteiger partial charge on any atom is 0.357 e. The van der Waals surface area contributed by atoms with Crippen LogP contribution in [0.2, 0.25) is 0 Å². The molecule has 0 radical (unpaired) electrons. The number of methoxy groups -OCH3 is 1.